The summed E-state index contributed by atoms with van der Waals surface area (Å²) >= 11 is 0. The van der Waals surface area contributed by atoms with E-state index < -0.39 is 0 Å². The van der Waals surface area contributed by atoms with Crippen LogP contribution in [0.3, 0.4) is 0 Å². The lowest BCUT2D eigenvalue weighted by atomic mass is 10.0. The number of rotatable bonds is 4. The molecule has 0 radical (unpaired) electrons. The van der Waals surface area contributed by atoms with Gasteiger partial charge in [-0.25, -0.2) is 0 Å². The highest BCUT2D eigenvalue weighted by atomic mass is 16.3. The monoisotopic (exact) mass is 234 g/mol. The van der Waals surface area contributed by atoms with E-state index in [0.717, 1.165) is 18.5 Å². The molecule has 0 spiro atoms. The minimum atomic E-state index is 0.298. The first-order valence-corrected chi connectivity index (χ1v) is 6.51. The summed E-state index contributed by atoms with van der Waals surface area (Å²) in [6.45, 7) is 3.97. The fraction of sp³-hybridized carbons (Fsp3) is 0.571. The van der Waals surface area contributed by atoms with Crippen LogP contribution in [0.2, 0.25) is 0 Å². The number of nitrogens with zero attached hydrogens (tertiary/aromatic N) is 1. The average molecular weight is 234 g/mol. The number of phenolic OH excluding ortho intramolecular Hbond substituents is 1. The van der Waals surface area contributed by atoms with Crippen LogP contribution in [-0.4, -0.2) is 29.1 Å². The molecule has 1 heterocycles. The van der Waals surface area contributed by atoms with Gasteiger partial charge in [-0.1, -0.05) is 25.1 Å². The molecule has 1 saturated heterocycles. The van der Waals surface area contributed by atoms with Crippen LogP contribution in [0, 0.1) is 0 Å². The maximum absolute atomic E-state index is 9.97. The van der Waals surface area contributed by atoms with Gasteiger partial charge in [0.15, 0.2) is 0 Å². The number of aromatic hydroxyl groups is 1. The third kappa shape index (κ3) is 2.45. The van der Waals surface area contributed by atoms with E-state index >= 15 is 0 Å². The van der Waals surface area contributed by atoms with E-state index in [1.54, 1.807) is 6.07 Å². The molecule has 17 heavy (non-hydrogen) atoms. The van der Waals surface area contributed by atoms with Crippen LogP contribution >= 0.6 is 0 Å². The molecule has 1 fully saturated rings. The smallest absolute Gasteiger partial charge is 0.120 e. The maximum atomic E-state index is 9.97. The van der Waals surface area contributed by atoms with Gasteiger partial charge in [0, 0.05) is 24.2 Å². The highest BCUT2D eigenvalue weighted by Gasteiger charge is 2.30. The Morgan fingerprint density at radius 1 is 1.47 bits per heavy atom. The molecule has 0 aromatic heterocycles. The van der Waals surface area contributed by atoms with Crippen molar-refractivity contribution >= 4 is 0 Å². The molecular weight excluding hydrogens is 212 g/mol. The van der Waals surface area contributed by atoms with Gasteiger partial charge in [0.25, 0.3) is 0 Å². The summed E-state index contributed by atoms with van der Waals surface area (Å²) in [5.74, 6) is 0.405. The molecule has 2 rings (SSSR count). The summed E-state index contributed by atoms with van der Waals surface area (Å²) < 4.78 is 0. The van der Waals surface area contributed by atoms with E-state index in [-0.39, 0.29) is 0 Å². The molecule has 3 heteroatoms. The van der Waals surface area contributed by atoms with E-state index in [4.69, 9.17) is 5.73 Å². The van der Waals surface area contributed by atoms with Crippen LogP contribution in [0.1, 0.15) is 37.8 Å². The molecule has 2 atom stereocenters. The van der Waals surface area contributed by atoms with Crippen molar-refractivity contribution in [3.63, 3.8) is 0 Å². The third-order valence-electron chi connectivity index (χ3n) is 3.78. The van der Waals surface area contributed by atoms with Crippen LogP contribution in [0.25, 0.3) is 0 Å². The van der Waals surface area contributed by atoms with Crippen LogP contribution < -0.4 is 5.73 Å². The fourth-order valence-corrected chi connectivity index (χ4v) is 2.92. The predicted molar refractivity (Wildman–Crippen MR) is 69.9 cm³/mol. The molecule has 2 unspecified atom stereocenters. The SMILES string of the molecule is CCC(c1ccccc1O)N1CCCC1CN. The van der Waals surface area contributed by atoms with Crippen LogP contribution in [-0.2, 0) is 0 Å². The number of hydrogen-bond donors (Lipinski definition) is 2. The quantitative estimate of drug-likeness (QED) is 0.840. The van der Waals surface area contributed by atoms with Crippen molar-refractivity contribution in [3.05, 3.63) is 29.8 Å². The summed E-state index contributed by atoms with van der Waals surface area (Å²) in [4.78, 5) is 2.45. The summed E-state index contributed by atoms with van der Waals surface area (Å²) in [6, 6.07) is 8.43. The molecular formula is C14H22N2O. The second-order valence-electron chi connectivity index (χ2n) is 4.75. The van der Waals surface area contributed by atoms with Gasteiger partial charge in [0.2, 0.25) is 0 Å². The second kappa shape index (κ2) is 5.52. The number of benzene rings is 1. The van der Waals surface area contributed by atoms with Crippen molar-refractivity contribution in [2.45, 2.75) is 38.3 Å². The number of nitrogens with two attached hydrogens (primary N) is 1. The van der Waals surface area contributed by atoms with Crippen molar-refractivity contribution in [3.8, 4) is 5.75 Å². The van der Waals surface area contributed by atoms with Gasteiger partial charge in [-0.15, -0.1) is 0 Å². The number of phenols is 1. The number of likely N-dealkylation sites (tertiary alicyclic amines) is 1. The Hall–Kier alpha value is -1.06. The minimum Gasteiger partial charge on any atom is -0.508 e. The maximum Gasteiger partial charge on any atom is 0.120 e. The molecule has 3 N–H and O–H groups in total. The van der Waals surface area contributed by atoms with Crippen molar-refractivity contribution in [2.75, 3.05) is 13.1 Å². The van der Waals surface area contributed by atoms with Gasteiger partial charge >= 0.3 is 0 Å². The Balaban J connectivity index is 2.24. The highest BCUT2D eigenvalue weighted by Crippen LogP contribution is 2.35. The molecule has 0 aliphatic carbocycles. The third-order valence-corrected chi connectivity index (χ3v) is 3.78. The molecule has 94 valence electrons. The molecule has 0 amide bonds. The van der Waals surface area contributed by atoms with Gasteiger partial charge in [-0.2, -0.15) is 0 Å². The summed E-state index contributed by atoms with van der Waals surface area (Å²) in [5, 5.41) is 9.97. The molecule has 1 aliphatic heterocycles. The first-order valence-electron chi connectivity index (χ1n) is 6.51. The average Bonchev–Trinajstić information content (AvgIpc) is 2.81. The lowest BCUT2D eigenvalue weighted by Gasteiger charge is -2.32. The lowest BCUT2D eigenvalue weighted by molar-refractivity contribution is 0.176. The van der Waals surface area contributed by atoms with Crippen molar-refractivity contribution in [1.82, 2.24) is 4.90 Å². The molecule has 1 aliphatic rings. The van der Waals surface area contributed by atoms with E-state index in [0.29, 0.717) is 24.4 Å². The standard InChI is InChI=1S/C14H22N2O/c1-2-13(12-7-3-4-8-14(12)17)16-9-5-6-11(16)10-15/h3-4,7-8,11,13,17H,2,5-6,9-10,15H2,1H3. The van der Waals surface area contributed by atoms with E-state index in [1.165, 1.54) is 12.8 Å². The summed E-state index contributed by atoms with van der Waals surface area (Å²) in [7, 11) is 0. The van der Waals surface area contributed by atoms with Crippen LogP contribution in [0.5, 0.6) is 5.75 Å². The Morgan fingerprint density at radius 2 is 2.24 bits per heavy atom. The van der Waals surface area contributed by atoms with Gasteiger partial charge in [-0.05, 0) is 31.9 Å². The molecule has 1 aromatic rings. The zero-order chi connectivity index (χ0) is 12.3. The Labute approximate surface area is 103 Å². The Morgan fingerprint density at radius 3 is 2.88 bits per heavy atom. The predicted octanol–water partition coefficient (Wildman–Crippen LogP) is 2.27. The summed E-state index contributed by atoms with van der Waals surface area (Å²) in [5.41, 5.74) is 6.87. The second-order valence-corrected chi connectivity index (χ2v) is 4.75. The largest absolute Gasteiger partial charge is 0.508 e. The van der Waals surface area contributed by atoms with Crippen LogP contribution in [0.4, 0.5) is 0 Å². The van der Waals surface area contributed by atoms with Crippen molar-refractivity contribution in [1.29, 1.82) is 0 Å². The van der Waals surface area contributed by atoms with Crippen molar-refractivity contribution < 1.29 is 5.11 Å². The molecule has 0 bridgehead atoms. The molecule has 3 nitrogen and oxygen atoms in total. The fourth-order valence-electron chi connectivity index (χ4n) is 2.92. The first kappa shape index (κ1) is 12.4. The number of para-hydroxylation sites is 1. The normalized spacial score (nSPS) is 22.8. The lowest BCUT2D eigenvalue weighted by Crippen LogP contribution is -2.38. The van der Waals surface area contributed by atoms with E-state index in [9.17, 15) is 5.11 Å². The molecule has 0 saturated carbocycles. The topological polar surface area (TPSA) is 49.5 Å². The molecule has 1 aromatic carbocycles. The van der Waals surface area contributed by atoms with Gasteiger partial charge in [0.05, 0.1) is 0 Å². The van der Waals surface area contributed by atoms with Crippen LogP contribution in [0.15, 0.2) is 24.3 Å². The number of hydrogen-bond acceptors (Lipinski definition) is 3. The van der Waals surface area contributed by atoms with E-state index in [2.05, 4.69) is 11.8 Å². The van der Waals surface area contributed by atoms with E-state index in [1.807, 2.05) is 18.2 Å². The highest BCUT2D eigenvalue weighted by molar-refractivity contribution is 5.34. The first-order chi connectivity index (χ1) is 8.27. The minimum absolute atomic E-state index is 0.298. The summed E-state index contributed by atoms with van der Waals surface area (Å²) in [6.07, 6.45) is 3.40. The van der Waals surface area contributed by atoms with Gasteiger partial charge in [-0.3, -0.25) is 4.90 Å². The zero-order valence-electron chi connectivity index (χ0n) is 10.5. The zero-order valence-corrected chi connectivity index (χ0v) is 10.5. The van der Waals surface area contributed by atoms with Crippen molar-refractivity contribution in [2.24, 2.45) is 5.73 Å². The van der Waals surface area contributed by atoms with Gasteiger partial charge in [0.1, 0.15) is 5.75 Å². The Bertz CT molecular complexity index is 367. The Kier molecular flexibility index (Phi) is 4.02. The van der Waals surface area contributed by atoms with Gasteiger partial charge < -0.3 is 10.8 Å².